The molecule has 0 saturated carbocycles. The Balaban J connectivity index is 1.99. The molecule has 0 aliphatic heterocycles. The van der Waals surface area contributed by atoms with Crippen LogP contribution in [0.4, 0.5) is 0 Å². The van der Waals surface area contributed by atoms with Crippen LogP contribution in [0.25, 0.3) is 11.0 Å². The summed E-state index contributed by atoms with van der Waals surface area (Å²) in [4.78, 5) is 17.2. The number of benzene rings is 2. The zero-order valence-corrected chi connectivity index (χ0v) is 15.3. The van der Waals surface area contributed by atoms with E-state index in [1.165, 1.54) is 5.56 Å². The quantitative estimate of drug-likeness (QED) is 0.772. The van der Waals surface area contributed by atoms with Gasteiger partial charge in [0.05, 0.1) is 17.1 Å². The number of imidazole rings is 1. The maximum Gasteiger partial charge on any atom is 0.225 e. The molecule has 130 valence electrons. The van der Waals surface area contributed by atoms with Crippen molar-refractivity contribution in [2.75, 3.05) is 0 Å². The van der Waals surface area contributed by atoms with Crippen LogP contribution in [0.15, 0.2) is 54.6 Å². The van der Waals surface area contributed by atoms with Gasteiger partial charge >= 0.3 is 0 Å². The summed E-state index contributed by atoms with van der Waals surface area (Å²) in [5.41, 5.74) is 2.81. The number of para-hydroxylation sites is 2. The molecule has 0 fully saturated rings. The van der Waals surface area contributed by atoms with E-state index in [0.717, 1.165) is 23.4 Å². The summed E-state index contributed by atoms with van der Waals surface area (Å²) in [5.74, 6) is 0.904. The molecular formula is C21H25N3O. The molecule has 1 atom stereocenters. The van der Waals surface area contributed by atoms with Crippen molar-refractivity contribution < 1.29 is 4.79 Å². The number of rotatable bonds is 4. The Morgan fingerprint density at radius 1 is 1.08 bits per heavy atom. The fraction of sp³-hybridized carbons (Fsp3) is 0.333. The zero-order chi connectivity index (χ0) is 18.0. The van der Waals surface area contributed by atoms with Gasteiger partial charge in [0, 0.05) is 12.0 Å². The van der Waals surface area contributed by atoms with E-state index in [0.29, 0.717) is 0 Å². The first-order valence-corrected chi connectivity index (χ1v) is 8.66. The summed E-state index contributed by atoms with van der Waals surface area (Å²) >= 11 is 0. The second-order valence-corrected chi connectivity index (χ2v) is 7.48. The van der Waals surface area contributed by atoms with Gasteiger partial charge < -0.3 is 9.88 Å². The van der Waals surface area contributed by atoms with Crippen molar-refractivity contribution in [3.8, 4) is 0 Å². The number of hydrogen-bond donors (Lipinski definition) is 1. The van der Waals surface area contributed by atoms with E-state index in [-0.39, 0.29) is 11.9 Å². The first-order valence-electron chi connectivity index (χ1n) is 8.66. The highest BCUT2D eigenvalue weighted by Crippen LogP contribution is 2.23. The van der Waals surface area contributed by atoms with Crippen molar-refractivity contribution in [1.29, 1.82) is 0 Å². The molecule has 1 aromatic heterocycles. The molecule has 3 rings (SSSR count). The summed E-state index contributed by atoms with van der Waals surface area (Å²) in [6, 6.07) is 18.3. The van der Waals surface area contributed by atoms with Crippen LogP contribution in [-0.4, -0.2) is 15.5 Å². The SMILES string of the molecule is C[C@H](NC(=O)C(C)(C)C)c1nc2ccccc2n1Cc1ccccc1. The predicted octanol–water partition coefficient (Wildman–Crippen LogP) is 4.31. The molecule has 1 N–H and O–H groups in total. The van der Waals surface area contributed by atoms with Gasteiger partial charge in [-0.3, -0.25) is 4.79 Å². The van der Waals surface area contributed by atoms with Crippen molar-refractivity contribution >= 4 is 16.9 Å². The van der Waals surface area contributed by atoms with Crippen molar-refractivity contribution in [3.05, 3.63) is 66.0 Å². The molecule has 0 aliphatic rings. The van der Waals surface area contributed by atoms with E-state index in [1.807, 2.05) is 64.1 Å². The predicted molar refractivity (Wildman–Crippen MR) is 101 cm³/mol. The average Bonchev–Trinajstić information content (AvgIpc) is 2.94. The average molecular weight is 335 g/mol. The monoisotopic (exact) mass is 335 g/mol. The van der Waals surface area contributed by atoms with Crippen LogP contribution in [0.1, 0.15) is 45.1 Å². The van der Waals surface area contributed by atoms with E-state index in [4.69, 9.17) is 4.98 Å². The fourth-order valence-corrected chi connectivity index (χ4v) is 2.83. The molecule has 25 heavy (non-hydrogen) atoms. The molecular weight excluding hydrogens is 310 g/mol. The standard InChI is InChI=1S/C21H25N3O/c1-15(22-20(25)21(2,3)4)19-23-17-12-8-9-13-18(17)24(19)14-16-10-6-5-7-11-16/h5-13,15H,14H2,1-4H3,(H,22,25)/t15-/m0/s1. The topological polar surface area (TPSA) is 46.9 Å². The second kappa shape index (κ2) is 6.71. The van der Waals surface area contributed by atoms with Crippen molar-refractivity contribution in [1.82, 2.24) is 14.9 Å². The maximum absolute atomic E-state index is 12.4. The fourth-order valence-electron chi connectivity index (χ4n) is 2.83. The van der Waals surface area contributed by atoms with Gasteiger partial charge in [-0.2, -0.15) is 0 Å². The van der Waals surface area contributed by atoms with E-state index in [2.05, 4.69) is 28.1 Å². The van der Waals surface area contributed by atoms with Crippen molar-refractivity contribution in [3.63, 3.8) is 0 Å². The highest BCUT2D eigenvalue weighted by molar-refractivity contribution is 5.82. The van der Waals surface area contributed by atoms with Gasteiger partial charge in [0.25, 0.3) is 0 Å². The Morgan fingerprint density at radius 2 is 1.72 bits per heavy atom. The Bertz CT molecular complexity index is 875. The lowest BCUT2D eigenvalue weighted by molar-refractivity contribution is -0.129. The molecule has 0 saturated heterocycles. The molecule has 3 aromatic rings. The van der Waals surface area contributed by atoms with Crippen molar-refractivity contribution in [2.45, 2.75) is 40.3 Å². The highest BCUT2D eigenvalue weighted by Gasteiger charge is 2.25. The molecule has 0 aliphatic carbocycles. The minimum Gasteiger partial charge on any atom is -0.346 e. The molecule has 0 bridgehead atoms. The summed E-state index contributed by atoms with van der Waals surface area (Å²) in [6.07, 6.45) is 0. The molecule has 0 spiro atoms. The maximum atomic E-state index is 12.4. The van der Waals surface area contributed by atoms with E-state index in [1.54, 1.807) is 0 Å². The minimum absolute atomic E-state index is 0.0262. The molecule has 1 amide bonds. The van der Waals surface area contributed by atoms with Gasteiger partial charge in [-0.05, 0) is 24.6 Å². The molecule has 1 heterocycles. The number of amides is 1. The van der Waals surface area contributed by atoms with Gasteiger partial charge in [-0.1, -0.05) is 63.2 Å². The third-order valence-electron chi connectivity index (χ3n) is 4.28. The molecule has 4 nitrogen and oxygen atoms in total. The number of nitrogens with one attached hydrogen (secondary N) is 1. The minimum atomic E-state index is -0.426. The van der Waals surface area contributed by atoms with E-state index >= 15 is 0 Å². The van der Waals surface area contributed by atoms with Gasteiger partial charge in [-0.25, -0.2) is 4.98 Å². The Kier molecular flexibility index (Phi) is 4.62. The smallest absolute Gasteiger partial charge is 0.225 e. The van der Waals surface area contributed by atoms with Crippen LogP contribution < -0.4 is 5.32 Å². The number of aromatic nitrogens is 2. The highest BCUT2D eigenvalue weighted by atomic mass is 16.2. The third kappa shape index (κ3) is 3.73. The first-order chi connectivity index (χ1) is 11.9. The Hall–Kier alpha value is -2.62. The van der Waals surface area contributed by atoms with Crippen LogP contribution in [0.2, 0.25) is 0 Å². The molecule has 2 aromatic carbocycles. The number of fused-ring (bicyclic) bond motifs is 1. The lowest BCUT2D eigenvalue weighted by Crippen LogP contribution is -2.37. The molecule has 0 unspecified atom stereocenters. The van der Waals surface area contributed by atoms with Crippen LogP contribution in [0.3, 0.4) is 0 Å². The molecule has 4 heteroatoms. The number of carbonyl (C=O) groups excluding carboxylic acids is 1. The van der Waals surface area contributed by atoms with Crippen molar-refractivity contribution in [2.24, 2.45) is 5.41 Å². The largest absolute Gasteiger partial charge is 0.346 e. The number of carbonyl (C=O) groups is 1. The number of nitrogens with zero attached hydrogens (tertiary/aromatic N) is 2. The Labute approximate surface area is 148 Å². The summed E-state index contributed by atoms with van der Waals surface area (Å²) < 4.78 is 2.19. The van der Waals surface area contributed by atoms with Crippen LogP contribution in [0.5, 0.6) is 0 Å². The summed E-state index contributed by atoms with van der Waals surface area (Å²) in [5, 5.41) is 3.10. The van der Waals surface area contributed by atoms with Crippen LogP contribution >= 0.6 is 0 Å². The summed E-state index contributed by atoms with van der Waals surface area (Å²) in [7, 11) is 0. The van der Waals surface area contributed by atoms with E-state index in [9.17, 15) is 4.79 Å². The molecule has 0 radical (unpaired) electrons. The number of hydrogen-bond acceptors (Lipinski definition) is 2. The Morgan fingerprint density at radius 3 is 2.40 bits per heavy atom. The lowest BCUT2D eigenvalue weighted by Gasteiger charge is -2.22. The first kappa shape index (κ1) is 17.2. The normalized spacial score (nSPS) is 13.0. The van der Waals surface area contributed by atoms with Gasteiger partial charge in [-0.15, -0.1) is 0 Å². The van der Waals surface area contributed by atoms with Crippen LogP contribution in [0, 0.1) is 5.41 Å². The summed E-state index contributed by atoms with van der Waals surface area (Å²) in [6.45, 7) is 8.48. The van der Waals surface area contributed by atoms with Gasteiger partial charge in [0.1, 0.15) is 5.82 Å². The van der Waals surface area contributed by atoms with Crippen LogP contribution in [-0.2, 0) is 11.3 Å². The lowest BCUT2D eigenvalue weighted by atomic mass is 9.95. The van der Waals surface area contributed by atoms with Gasteiger partial charge in [0.15, 0.2) is 0 Å². The third-order valence-corrected chi connectivity index (χ3v) is 4.28. The van der Waals surface area contributed by atoms with E-state index < -0.39 is 5.41 Å². The van der Waals surface area contributed by atoms with Gasteiger partial charge in [0.2, 0.25) is 5.91 Å². The second-order valence-electron chi connectivity index (χ2n) is 7.48. The zero-order valence-electron chi connectivity index (χ0n) is 15.3.